The van der Waals surface area contributed by atoms with Crippen LogP contribution in [0, 0.1) is 11.3 Å². The first kappa shape index (κ1) is 14.5. The molecule has 0 saturated heterocycles. The number of nitriles is 1. The first-order chi connectivity index (χ1) is 9.43. The molecule has 104 valence electrons. The molecule has 0 aliphatic heterocycles. The molecule has 0 aliphatic carbocycles. The Balaban J connectivity index is 2.56. The molecule has 0 spiro atoms. The molecule has 0 fully saturated rings. The van der Waals surface area contributed by atoms with Crippen LogP contribution in [-0.2, 0) is 0 Å². The van der Waals surface area contributed by atoms with Gasteiger partial charge in [-0.05, 0) is 19.9 Å². The van der Waals surface area contributed by atoms with Crippen LogP contribution in [0.4, 0.5) is 5.82 Å². The average Bonchev–Trinajstić information content (AvgIpc) is 2.73. The molecule has 2 aromatic rings. The van der Waals surface area contributed by atoms with Crippen molar-refractivity contribution in [3.63, 3.8) is 0 Å². The summed E-state index contributed by atoms with van der Waals surface area (Å²) in [4.78, 5) is 0. The van der Waals surface area contributed by atoms with Crippen LogP contribution >= 0.6 is 23.2 Å². The van der Waals surface area contributed by atoms with E-state index in [1.807, 2.05) is 19.9 Å². The molecule has 1 aromatic heterocycles. The summed E-state index contributed by atoms with van der Waals surface area (Å²) in [6.45, 7) is 3.78. The van der Waals surface area contributed by atoms with Crippen LogP contribution in [0.2, 0.25) is 10.0 Å². The molecular formula is C13H12Cl2N4O. The highest BCUT2D eigenvalue weighted by molar-refractivity contribution is 6.36. The zero-order valence-corrected chi connectivity index (χ0v) is 12.4. The molecule has 0 unspecified atom stereocenters. The fraction of sp³-hybridized carbons (Fsp3) is 0.231. The zero-order valence-electron chi connectivity index (χ0n) is 10.9. The van der Waals surface area contributed by atoms with Crippen molar-refractivity contribution in [1.29, 1.82) is 5.26 Å². The summed E-state index contributed by atoms with van der Waals surface area (Å²) in [5.74, 6) is 0.696. The molecule has 0 aliphatic rings. The summed E-state index contributed by atoms with van der Waals surface area (Å²) in [6, 6.07) is 5.16. The number of anilines is 1. The van der Waals surface area contributed by atoms with Crippen LogP contribution in [0.25, 0.3) is 5.69 Å². The SMILES string of the molecule is CC(C)Oc1cc(-n2ncc(C#N)c2N)c(Cl)cc1Cl. The van der Waals surface area contributed by atoms with Crippen LogP contribution in [0.15, 0.2) is 18.3 Å². The van der Waals surface area contributed by atoms with Crippen LogP contribution in [0.5, 0.6) is 5.75 Å². The molecule has 2 rings (SSSR count). The lowest BCUT2D eigenvalue weighted by atomic mass is 10.3. The lowest BCUT2D eigenvalue weighted by Gasteiger charge is -2.14. The van der Waals surface area contributed by atoms with E-state index in [4.69, 9.17) is 38.9 Å². The van der Waals surface area contributed by atoms with Gasteiger partial charge in [-0.1, -0.05) is 23.2 Å². The average molecular weight is 311 g/mol. The highest BCUT2D eigenvalue weighted by Crippen LogP contribution is 2.34. The molecule has 7 heteroatoms. The fourth-order valence-corrected chi connectivity index (χ4v) is 2.17. The molecule has 5 nitrogen and oxygen atoms in total. The second-order valence-electron chi connectivity index (χ2n) is 4.37. The van der Waals surface area contributed by atoms with Crippen molar-refractivity contribution >= 4 is 29.0 Å². The van der Waals surface area contributed by atoms with Gasteiger partial charge in [0, 0.05) is 6.07 Å². The van der Waals surface area contributed by atoms with E-state index in [-0.39, 0.29) is 17.5 Å². The Bertz CT molecular complexity index is 688. The number of nitrogens with zero attached hydrogens (tertiary/aromatic N) is 3. The summed E-state index contributed by atoms with van der Waals surface area (Å²) in [5.41, 5.74) is 6.63. The van der Waals surface area contributed by atoms with E-state index in [2.05, 4.69) is 5.10 Å². The second-order valence-corrected chi connectivity index (χ2v) is 5.18. The van der Waals surface area contributed by atoms with Gasteiger partial charge in [-0.25, -0.2) is 4.68 Å². The molecule has 0 saturated carbocycles. The third-order valence-electron chi connectivity index (χ3n) is 2.52. The minimum Gasteiger partial charge on any atom is -0.489 e. The molecular weight excluding hydrogens is 299 g/mol. The van der Waals surface area contributed by atoms with E-state index >= 15 is 0 Å². The lowest BCUT2D eigenvalue weighted by molar-refractivity contribution is 0.242. The quantitative estimate of drug-likeness (QED) is 0.942. The summed E-state index contributed by atoms with van der Waals surface area (Å²) < 4.78 is 6.98. The van der Waals surface area contributed by atoms with Crippen LogP contribution in [-0.4, -0.2) is 15.9 Å². The molecule has 1 heterocycles. The first-order valence-electron chi connectivity index (χ1n) is 5.83. The van der Waals surface area contributed by atoms with Gasteiger partial charge in [0.05, 0.1) is 28.0 Å². The lowest BCUT2D eigenvalue weighted by Crippen LogP contribution is -2.08. The van der Waals surface area contributed by atoms with Gasteiger partial charge in [-0.3, -0.25) is 0 Å². The van der Waals surface area contributed by atoms with Crippen molar-refractivity contribution in [2.45, 2.75) is 20.0 Å². The molecule has 0 atom stereocenters. The maximum Gasteiger partial charge on any atom is 0.145 e. The Morgan fingerprint density at radius 2 is 2.05 bits per heavy atom. The smallest absolute Gasteiger partial charge is 0.145 e. The van der Waals surface area contributed by atoms with Gasteiger partial charge in [0.25, 0.3) is 0 Å². The standard InChI is InChI=1S/C13H12Cl2N4O/c1-7(2)20-12-4-11(9(14)3-10(12)15)19-13(17)8(5-16)6-18-19/h3-4,6-7H,17H2,1-2H3. The van der Waals surface area contributed by atoms with E-state index in [0.717, 1.165) is 0 Å². The third-order valence-corrected chi connectivity index (χ3v) is 3.12. The molecule has 2 N–H and O–H groups in total. The van der Waals surface area contributed by atoms with E-state index in [0.29, 0.717) is 21.5 Å². The Hall–Kier alpha value is -1.90. The summed E-state index contributed by atoms with van der Waals surface area (Å²) in [5, 5.41) is 13.7. The van der Waals surface area contributed by atoms with E-state index < -0.39 is 0 Å². The molecule has 0 amide bonds. The molecule has 0 radical (unpaired) electrons. The fourth-order valence-electron chi connectivity index (χ4n) is 1.66. The molecule has 20 heavy (non-hydrogen) atoms. The largest absolute Gasteiger partial charge is 0.489 e. The maximum absolute atomic E-state index is 8.90. The number of nitrogens with two attached hydrogens (primary N) is 1. The van der Waals surface area contributed by atoms with Crippen molar-refractivity contribution in [3.05, 3.63) is 33.9 Å². The highest BCUT2D eigenvalue weighted by atomic mass is 35.5. The second kappa shape index (κ2) is 5.61. The topological polar surface area (TPSA) is 76.9 Å². The van der Waals surface area contributed by atoms with Gasteiger partial charge in [-0.2, -0.15) is 10.4 Å². The number of aromatic nitrogens is 2. The predicted molar refractivity (Wildman–Crippen MR) is 78.5 cm³/mol. The van der Waals surface area contributed by atoms with Crippen LogP contribution in [0.1, 0.15) is 19.4 Å². The number of nitrogen functional groups attached to an aromatic ring is 1. The monoisotopic (exact) mass is 310 g/mol. The normalized spacial score (nSPS) is 10.6. The summed E-state index contributed by atoms with van der Waals surface area (Å²) in [6.07, 6.45) is 1.34. The van der Waals surface area contributed by atoms with Crippen molar-refractivity contribution < 1.29 is 4.74 Å². The van der Waals surface area contributed by atoms with Crippen molar-refractivity contribution in [2.24, 2.45) is 0 Å². The number of benzene rings is 1. The van der Waals surface area contributed by atoms with Gasteiger partial charge in [0.2, 0.25) is 0 Å². The molecule has 1 aromatic carbocycles. The maximum atomic E-state index is 8.90. The minimum atomic E-state index is -0.0360. The summed E-state index contributed by atoms with van der Waals surface area (Å²) in [7, 11) is 0. The van der Waals surface area contributed by atoms with Crippen molar-refractivity contribution in [3.8, 4) is 17.5 Å². The predicted octanol–water partition coefficient (Wildman–Crippen LogP) is 3.42. The highest BCUT2D eigenvalue weighted by Gasteiger charge is 2.15. The number of ether oxygens (including phenoxy) is 1. The Kier molecular flexibility index (Phi) is 4.07. The number of hydrogen-bond acceptors (Lipinski definition) is 4. The number of rotatable bonds is 3. The van der Waals surface area contributed by atoms with E-state index in [1.54, 1.807) is 12.1 Å². The van der Waals surface area contributed by atoms with Crippen LogP contribution < -0.4 is 10.5 Å². The van der Waals surface area contributed by atoms with Gasteiger partial charge < -0.3 is 10.5 Å². The molecule has 0 bridgehead atoms. The van der Waals surface area contributed by atoms with E-state index in [1.165, 1.54) is 10.9 Å². The van der Waals surface area contributed by atoms with Gasteiger partial charge in [0.15, 0.2) is 0 Å². The number of hydrogen-bond donors (Lipinski definition) is 1. The van der Waals surface area contributed by atoms with E-state index in [9.17, 15) is 0 Å². The van der Waals surface area contributed by atoms with Crippen LogP contribution in [0.3, 0.4) is 0 Å². The van der Waals surface area contributed by atoms with Crippen molar-refractivity contribution in [1.82, 2.24) is 9.78 Å². The van der Waals surface area contributed by atoms with Gasteiger partial charge >= 0.3 is 0 Å². The number of halogens is 2. The zero-order chi connectivity index (χ0) is 14.9. The van der Waals surface area contributed by atoms with Gasteiger partial charge in [0.1, 0.15) is 23.2 Å². The Morgan fingerprint density at radius 1 is 1.35 bits per heavy atom. The Morgan fingerprint density at radius 3 is 2.60 bits per heavy atom. The van der Waals surface area contributed by atoms with Crippen molar-refractivity contribution in [2.75, 3.05) is 5.73 Å². The minimum absolute atomic E-state index is 0.0360. The third kappa shape index (κ3) is 2.67. The first-order valence-corrected chi connectivity index (χ1v) is 6.59. The summed E-state index contributed by atoms with van der Waals surface area (Å²) >= 11 is 12.2. The Labute approximate surface area is 126 Å². The van der Waals surface area contributed by atoms with Gasteiger partial charge in [-0.15, -0.1) is 0 Å².